The number of primary sulfonamides is 1. The molecule has 0 aliphatic carbocycles. The molecule has 3 N–H and O–H groups in total. The molecule has 0 aromatic heterocycles. The fourth-order valence-electron chi connectivity index (χ4n) is 2.60. The molecule has 0 aliphatic rings. The van der Waals surface area contributed by atoms with Crippen molar-refractivity contribution in [2.45, 2.75) is 30.7 Å². The maximum Gasteiger partial charge on any atom is 0.241 e. The van der Waals surface area contributed by atoms with Gasteiger partial charge in [-0.2, -0.15) is 0 Å². The Kier molecular flexibility index (Phi) is 6.36. The lowest BCUT2D eigenvalue weighted by atomic mass is 10.1. The predicted octanol–water partition coefficient (Wildman–Crippen LogP) is 2.11. The minimum Gasteiger partial charge on any atom is -0.495 e. The molecule has 1 atom stereocenters. The maximum absolute atomic E-state index is 11.7. The fourth-order valence-corrected chi connectivity index (χ4v) is 3.35. The van der Waals surface area contributed by atoms with Crippen LogP contribution in [-0.2, 0) is 22.9 Å². The standard InChI is InChI=1S/C18H24N2O3S/c1-14(20-11-10-15-6-4-3-5-7-15)12-16-8-9-17(23-2)18(13-16)24(19,21)22/h3-9,13-14,20H,10-12H2,1-2H3,(H2,19,21,22)/t14-/m1/s1. The second-order valence-corrected chi connectivity index (χ2v) is 7.35. The first-order valence-corrected chi connectivity index (χ1v) is 9.42. The number of rotatable bonds is 8. The van der Waals surface area contributed by atoms with Gasteiger partial charge >= 0.3 is 0 Å². The van der Waals surface area contributed by atoms with Crippen molar-refractivity contribution >= 4 is 10.0 Å². The van der Waals surface area contributed by atoms with Crippen molar-refractivity contribution in [2.24, 2.45) is 5.14 Å². The fraction of sp³-hybridized carbons (Fsp3) is 0.333. The average Bonchev–Trinajstić information content (AvgIpc) is 2.55. The van der Waals surface area contributed by atoms with Gasteiger partial charge in [-0.25, -0.2) is 13.6 Å². The third kappa shape index (κ3) is 5.33. The molecule has 0 aliphatic heterocycles. The summed E-state index contributed by atoms with van der Waals surface area (Å²) in [7, 11) is -2.37. The second-order valence-electron chi connectivity index (χ2n) is 5.83. The van der Waals surface area contributed by atoms with Gasteiger partial charge in [-0.3, -0.25) is 0 Å². The van der Waals surface area contributed by atoms with E-state index in [2.05, 4.69) is 24.4 Å². The Morgan fingerprint density at radius 1 is 1.12 bits per heavy atom. The molecule has 0 fully saturated rings. The molecule has 2 rings (SSSR count). The van der Waals surface area contributed by atoms with Gasteiger partial charge in [0.15, 0.2) is 0 Å². The topological polar surface area (TPSA) is 81.4 Å². The van der Waals surface area contributed by atoms with Crippen LogP contribution >= 0.6 is 0 Å². The molecule has 0 heterocycles. The first-order valence-electron chi connectivity index (χ1n) is 7.87. The largest absolute Gasteiger partial charge is 0.495 e. The summed E-state index contributed by atoms with van der Waals surface area (Å²) < 4.78 is 28.4. The van der Waals surface area contributed by atoms with Crippen LogP contribution in [0.2, 0.25) is 0 Å². The van der Waals surface area contributed by atoms with Gasteiger partial charge in [-0.05, 0) is 49.6 Å². The molecule has 130 valence electrons. The molecule has 5 nitrogen and oxygen atoms in total. The summed E-state index contributed by atoms with van der Waals surface area (Å²) in [5, 5.41) is 8.71. The molecular formula is C18H24N2O3S. The van der Waals surface area contributed by atoms with Gasteiger partial charge in [0.1, 0.15) is 10.6 Å². The average molecular weight is 348 g/mol. The number of benzene rings is 2. The number of hydrogen-bond donors (Lipinski definition) is 2. The van der Waals surface area contributed by atoms with Crippen LogP contribution in [0.1, 0.15) is 18.1 Å². The second kappa shape index (κ2) is 8.28. The Hall–Kier alpha value is -1.89. The molecule has 6 heteroatoms. The number of sulfonamides is 1. The quantitative estimate of drug-likeness (QED) is 0.765. The summed E-state index contributed by atoms with van der Waals surface area (Å²) in [4.78, 5) is 0.0268. The van der Waals surface area contributed by atoms with E-state index >= 15 is 0 Å². The van der Waals surface area contributed by atoms with E-state index in [1.165, 1.54) is 12.7 Å². The predicted molar refractivity (Wildman–Crippen MR) is 95.7 cm³/mol. The van der Waals surface area contributed by atoms with Crippen LogP contribution in [0, 0.1) is 0 Å². The number of nitrogens with one attached hydrogen (secondary N) is 1. The zero-order chi connectivity index (χ0) is 17.6. The summed E-state index contributed by atoms with van der Waals surface area (Å²) >= 11 is 0. The van der Waals surface area contributed by atoms with Crippen LogP contribution in [-0.4, -0.2) is 28.1 Å². The van der Waals surface area contributed by atoms with E-state index in [-0.39, 0.29) is 16.7 Å². The Bertz CT molecular complexity index is 761. The third-order valence-corrected chi connectivity index (χ3v) is 4.76. The summed E-state index contributed by atoms with van der Waals surface area (Å²) in [6.45, 7) is 2.94. The maximum atomic E-state index is 11.7. The molecule has 2 aromatic carbocycles. The highest BCUT2D eigenvalue weighted by Crippen LogP contribution is 2.24. The van der Waals surface area contributed by atoms with E-state index in [0.29, 0.717) is 6.42 Å². The molecule has 2 aromatic rings. The van der Waals surface area contributed by atoms with Crippen molar-refractivity contribution < 1.29 is 13.2 Å². The molecule has 0 spiro atoms. The van der Waals surface area contributed by atoms with E-state index in [0.717, 1.165) is 18.5 Å². The number of nitrogens with two attached hydrogens (primary N) is 1. The van der Waals surface area contributed by atoms with E-state index in [1.807, 2.05) is 24.3 Å². The molecule has 24 heavy (non-hydrogen) atoms. The summed E-state index contributed by atoms with van der Waals surface area (Å²) in [5.41, 5.74) is 2.19. The van der Waals surface area contributed by atoms with Crippen LogP contribution in [0.4, 0.5) is 0 Å². The molecule has 0 saturated heterocycles. The van der Waals surface area contributed by atoms with Crippen molar-refractivity contribution in [1.29, 1.82) is 0 Å². The molecule has 0 saturated carbocycles. The lowest BCUT2D eigenvalue weighted by molar-refractivity contribution is 0.402. The number of hydrogen-bond acceptors (Lipinski definition) is 4. The van der Waals surface area contributed by atoms with Crippen molar-refractivity contribution in [3.8, 4) is 5.75 Å². The van der Waals surface area contributed by atoms with Crippen molar-refractivity contribution in [2.75, 3.05) is 13.7 Å². The molecular weight excluding hydrogens is 324 g/mol. The Morgan fingerprint density at radius 3 is 2.46 bits per heavy atom. The van der Waals surface area contributed by atoms with Crippen molar-refractivity contribution in [3.05, 3.63) is 59.7 Å². The zero-order valence-corrected chi connectivity index (χ0v) is 14.8. The van der Waals surface area contributed by atoms with Crippen molar-refractivity contribution in [1.82, 2.24) is 5.32 Å². The summed E-state index contributed by atoms with van der Waals surface area (Å²) in [6.07, 6.45) is 1.66. The number of ether oxygens (including phenoxy) is 1. The highest BCUT2D eigenvalue weighted by molar-refractivity contribution is 7.89. The molecule has 0 amide bonds. The van der Waals surface area contributed by atoms with Crippen LogP contribution in [0.3, 0.4) is 0 Å². The van der Waals surface area contributed by atoms with Gasteiger partial charge in [0, 0.05) is 6.04 Å². The first-order chi connectivity index (χ1) is 11.4. The van der Waals surface area contributed by atoms with Gasteiger partial charge in [-0.1, -0.05) is 36.4 Å². The Balaban J connectivity index is 1.95. The molecule has 0 unspecified atom stereocenters. The van der Waals surface area contributed by atoms with Gasteiger partial charge in [0.25, 0.3) is 0 Å². The summed E-state index contributed by atoms with van der Waals surface area (Å²) in [6, 6.07) is 15.6. The van der Waals surface area contributed by atoms with Crippen LogP contribution in [0.5, 0.6) is 5.75 Å². The normalized spacial score (nSPS) is 12.8. The van der Waals surface area contributed by atoms with Gasteiger partial charge in [-0.15, -0.1) is 0 Å². The lowest BCUT2D eigenvalue weighted by Crippen LogP contribution is -2.30. The summed E-state index contributed by atoms with van der Waals surface area (Å²) in [5.74, 6) is 0.269. The molecule has 0 bridgehead atoms. The molecule has 0 radical (unpaired) electrons. The van der Waals surface area contributed by atoms with E-state index < -0.39 is 10.0 Å². The number of methoxy groups -OCH3 is 1. The third-order valence-electron chi connectivity index (χ3n) is 3.83. The first kappa shape index (κ1) is 18.4. The van der Waals surface area contributed by atoms with E-state index in [1.54, 1.807) is 12.1 Å². The Labute approximate surface area is 143 Å². The zero-order valence-electron chi connectivity index (χ0n) is 14.0. The Morgan fingerprint density at radius 2 is 1.83 bits per heavy atom. The van der Waals surface area contributed by atoms with Gasteiger partial charge in [0.2, 0.25) is 10.0 Å². The highest BCUT2D eigenvalue weighted by Gasteiger charge is 2.16. The van der Waals surface area contributed by atoms with E-state index in [4.69, 9.17) is 9.88 Å². The van der Waals surface area contributed by atoms with Crippen molar-refractivity contribution in [3.63, 3.8) is 0 Å². The van der Waals surface area contributed by atoms with Gasteiger partial charge in [0.05, 0.1) is 7.11 Å². The minimum atomic E-state index is -3.80. The van der Waals surface area contributed by atoms with Crippen LogP contribution < -0.4 is 15.2 Å². The lowest BCUT2D eigenvalue weighted by Gasteiger charge is -2.15. The van der Waals surface area contributed by atoms with Crippen LogP contribution in [0.15, 0.2) is 53.4 Å². The van der Waals surface area contributed by atoms with Crippen LogP contribution in [0.25, 0.3) is 0 Å². The SMILES string of the molecule is COc1ccc(C[C@@H](C)NCCc2ccccc2)cc1S(N)(=O)=O. The highest BCUT2D eigenvalue weighted by atomic mass is 32.2. The monoisotopic (exact) mass is 348 g/mol. The van der Waals surface area contributed by atoms with E-state index in [9.17, 15) is 8.42 Å². The van der Waals surface area contributed by atoms with Gasteiger partial charge < -0.3 is 10.1 Å². The minimum absolute atomic E-state index is 0.0268. The smallest absolute Gasteiger partial charge is 0.241 e.